The van der Waals surface area contributed by atoms with E-state index in [1.54, 1.807) is 0 Å². The fourth-order valence-corrected chi connectivity index (χ4v) is 1.35. The van der Waals surface area contributed by atoms with Crippen LogP contribution >= 0.6 is 0 Å². The molecule has 0 radical (unpaired) electrons. The molecule has 0 aliphatic rings. The summed E-state index contributed by atoms with van der Waals surface area (Å²) in [5.41, 5.74) is 1.25. The Balaban J connectivity index is 2.10. The van der Waals surface area contributed by atoms with Crippen molar-refractivity contribution >= 4 is 0 Å². The van der Waals surface area contributed by atoms with Gasteiger partial charge in [0.05, 0.1) is 12.7 Å². The normalized spacial score (nSPS) is 10.5. The van der Waals surface area contributed by atoms with Crippen LogP contribution in [0.1, 0.15) is 12.5 Å². The minimum atomic E-state index is 0.910. The van der Waals surface area contributed by atoms with Crippen LogP contribution in [0.2, 0.25) is 0 Å². The lowest BCUT2D eigenvalue weighted by Gasteiger charge is -1.97. The Morgan fingerprint density at radius 3 is 2.69 bits per heavy atom. The number of aryl methyl sites for hydroxylation is 1. The van der Waals surface area contributed by atoms with E-state index in [1.807, 2.05) is 23.0 Å². The van der Waals surface area contributed by atoms with E-state index in [9.17, 15) is 0 Å². The quantitative estimate of drug-likeness (QED) is 0.697. The third-order valence-corrected chi connectivity index (χ3v) is 2.04. The molecule has 3 nitrogen and oxygen atoms in total. The molecule has 0 aromatic carbocycles. The molecule has 2 aromatic rings. The molecule has 68 valence electrons. The Hall–Kier alpha value is -1.51. The number of hydrogen-bond acceptors (Lipinski definition) is 1. The van der Waals surface area contributed by atoms with Crippen molar-refractivity contribution in [3.05, 3.63) is 42.5 Å². The molecule has 2 aromatic heterocycles. The fraction of sp³-hybridized carbons (Fsp3) is 0.300. The van der Waals surface area contributed by atoms with Gasteiger partial charge in [0.25, 0.3) is 0 Å². The van der Waals surface area contributed by atoms with Crippen LogP contribution in [-0.4, -0.2) is 14.3 Å². The molecule has 0 spiro atoms. The maximum Gasteiger partial charge on any atom is 0.0539 e. The number of hydrogen-bond donors (Lipinski definition) is 0. The second-order valence-electron chi connectivity index (χ2n) is 3.06. The summed E-state index contributed by atoms with van der Waals surface area (Å²) in [6.45, 7) is 3.94. The van der Waals surface area contributed by atoms with Crippen LogP contribution in [0, 0.1) is 0 Å². The summed E-state index contributed by atoms with van der Waals surface area (Å²) in [5.74, 6) is 0. The van der Waals surface area contributed by atoms with Gasteiger partial charge in [-0.15, -0.1) is 0 Å². The first-order chi connectivity index (χ1) is 6.38. The monoisotopic (exact) mass is 175 g/mol. The first-order valence-electron chi connectivity index (χ1n) is 4.50. The highest BCUT2D eigenvalue weighted by Crippen LogP contribution is 2.01. The second-order valence-corrected chi connectivity index (χ2v) is 3.06. The number of aromatic nitrogens is 3. The molecule has 0 atom stereocenters. The summed E-state index contributed by atoms with van der Waals surface area (Å²) in [4.78, 5) is 0. The van der Waals surface area contributed by atoms with Gasteiger partial charge in [-0.05, 0) is 19.1 Å². The Morgan fingerprint density at radius 2 is 2.08 bits per heavy atom. The molecule has 0 bridgehead atoms. The van der Waals surface area contributed by atoms with Gasteiger partial charge in [-0.25, -0.2) is 0 Å². The first kappa shape index (κ1) is 8.10. The molecule has 2 heterocycles. The van der Waals surface area contributed by atoms with Gasteiger partial charge in [0.15, 0.2) is 0 Å². The predicted octanol–water partition coefficient (Wildman–Crippen LogP) is 1.75. The maximum absolute atomic E-state index is 4.22. The lowest BCUT2D eigenvalue weighted by Crippen LogP contribution is -1.95. The molecule has 0 N–H and O–H groups in total. The SMILES string of the molecule is CCn1cc(Cn2cccc2)cn1. The first-order valence-corrected chi connectivity index (χ1v) is 4.50. The highest BCUT2D eigenvalue weighted by molar-refractivity contribution is 5.06. The van der Waals surface area contributed by atoms with Gasteiger partial charge in [-0.2, -0.15) is 5.10 Å². The van der Waals surface area contributed by atoms with Crippen molar-refractivity contribution in [1.82, 2.24) is 14.3 Å². The lowest BCUT2D eigenvalue weighted by molar-refractivity contribution is 0.658. The largest absolute Gasteiger partial charge is 0.350 e. The van der Waals surface area contributed by atoms with Gasteiger partial charge in [-0.1, -0.05) is 0 Å². The third kappa shape index (κ3) is 1.80. The molecule has 0 amide bonds. The Bertz CT molecular complexity index is 359. The topological polar surface area (TPSA) is 22.8 Å². The van der Waals surface area contributed by atoms with Gasteiger partial charge in [0, 0.05) is 30.7 Å². The third-order valence-electron chi connectivity index (χ3n) is 2.04. The highest BCUT2D eigenvalue weighted by Gasteiger charge is 1.96. The Kier molecular flexibility index (Phi) is 2.17. The van der Waals surface area contributed by atoms with Crippen molar-refractivity contribution in [1.29, 1.82) is 0 Å². The van der Waals surface area contributed by atoms with E-state index in [0.29, 0.717) is 0 Å². The van der Waals surface area contributed by atoms with Crippen LogP contribution in [0.25, 0.3) is 0 Å². The minimum absolute atomic E-state index is 0.910. The van der Waals surface area contributed by atoms with E-state index in [4.69, 9.17) is 0 Å². The summed E-state index contributed by atoms with van der Waals surface area (Å²) in [6, 6.07) is 4.06. The van der Waals surface area contributed by atoms with E-state index >= 15 is 0 Å². The molecule has 3 heteroatoms. The Labute approximate surface area is 77.6 Å². The van der Waals surface area contributed by atoms with Gasteiger partial charge in [0.2, 0.25) is 0 Å². The summed E-state index contributed by atoms with van der Waals surface area (Å²) in [5, 5.41) is 4.22. The van der Waals surface area contributed by atoms with Gasteiger partial charge >= 0.3 is 0 Å². The molecule has 2 rings (SSSR count). The summed E-state index contributed by atoms with van der Waals surface area (Å²) >= 11 is 0. The van der Waals surface area contributed by atoms with Gasteiger partial charge in [-0.3, -0.25) is 4.68 Å². The zero-order valence-corrected chi connectivity index (χ0v) is 7.72. The average molecular weight is 175 g/mol. The van der Waals surface area contributed by atoms with Gasteiger partial charge in [0.1, 0.15) is 0 Å². The fourth-order valence-electron chi connectivity index (χ4n) is 1.35. The molecule has 0 fully saturated rings. The van der Waals surface area contributed by atoms with Crippen molar-refractivity contribution < 1.29 is 0 Å². The molecule has 13 heavy (non-hydrogen) atoms. The minimum Gasteiger partial charge on any atom is -0.350 e. The van der Waals surface area contributed by atoms with E-state index in [-0.39, 0.29) is 0 Å². The molecular formula is C10H13N3. The zero-order valence-electron chi connectivity index (χ0n) is 7.72. The average Bonchev–Trinajstić information content (AvgIpc) is 2.76. The van der Waals surface area contributed by atoms with Crippen LogP contribution in [0.3, 0.4) is 0 Å². The van der Waals surface area contributed by atoms with Crippen molar-refractivity contribution in [2.75, 3.05) is 0 Å². The summed E-state index contributed by atoms with van der Waals surface area (Å²) in [6.07, 6.45) is 8.12. The van der Waals surface area contributed by atoms with Crippen molar-refractivity contribution in [2.45, 2.75) is 20.0 Å². The van der Waals surface area contributed by atoms with Crippen LogP contribution in [-0.2, 0) is 13.1 Å². The van der Waals surface area contributed by atoms with Crippen molar-refractivity contribution in [3.63, 3.8) is 0 Å². The number of nitrogens with zero attached hydrogens (tertiary/aromatic N) is 3. The molecule has 0 saturated carbocycles. The second kappa shape index (κ2) is 3.47. The molecule has 0 aliphatic carbocycles. The summed E-state index contributed by atoms with van der Waals surface area (Å²) < 4.78 is 4.08. The van der Waals surface area contributed by atoms with Crippen LogP contribution in [0.4, 0.5) is 0 Å². The predicted molar refractivity (Wildman–Crippen MR) is 51.4 cm³/mol. The van der Waals surface area contributed by atoms with E-state index in [1.165, 1.54) is 5.56 Å². The van der Waals surface area contributed by atoms with Crippen molar-refractivity contribution in [3.8, 4) is 0 Å². The molecular weight excluding hydrogens is 162 g/mol. The molecule has 0 unspecified atom stereocenters. The van der Waals surface area contributed by atoms with E-state index < -0.39 is 0 Å². The molecule has 0 saturated heterocycles. The van der Waals surface area contributed by atoms with Crippen LogP contribution in [0.5, 0.6) is 0 Å². The van der Waals surface area contributed by atoms with E-state index in [0.717, 1.165) is 13.1 Å². The highest BCUT2D eigenvalue weighted by atomic mass is 15.3. The Morgan fingerprint density at radius 1 is 1.31 bits per heavy atom. The number of rotatable bonds is 3. The smallest absolute Gasteiger partial charge is 0.0539 e. The standard InChI is InChI=1S/C10H13N3/c1-2-13-9-10(7-11-13)8-12-5-3-4-6-12/h3-7,9H,2,8H2,1H3. The molecule has 0 aliphatic heterocycles. The van der Waals surface area contributed by atoms with Crippen LogP contribution in [0.15, 0.2) is 36.9 Å². The van der Waals surface area contributed by atoms with Gasteiger partial charge < -0.3 is 4.57 Å². The summed E-state index contributed by atoms with van der Waals surface area (Å²) in [7, 11) is 0. The maximum atomic E-state index is 4.22. The lowest BCUT2D eigenvalue weighted by atomic mass is 10.3. The zero-order chi connectivity index (χ0) is 9.10. The van der Waals surface area contributed by atoms with Crippen LogP contribution < -0.4 is 0 Å². The van der Waals surface area contributed by atoms with Crippen molar-refractivity contribution in [2.24, 2.45) is 0 Å². The van der Waals surface area contributed by atoms with E-state index in [2.05, 4.69) is 35.2 Å².